The Morgan fingerprint density at radius 3 is 2.64 bits per heavy atom. The third-order valence-electron chi connectivity index (χ3n) is 5.15. The first kappa shape index (κ1) is 19.6. The van der Waals surface area contributed by atoms with Crippen LogP contribution in [0.25, 0.3) is 5.69 Å². The number of sulfone groups is 1. The molecule has 1 aromatic carbocycles. The van der Waals surface area contributed by atoms with Gasteiger partial charge in [0.1, 0.15) is 5.15 Å². The van der Waals surface area contributed by atoms with E-state index in [0.717, 1.165) is 16.9 Å². The van der Waals surface area contributed by atoms with E-state index in [1.165, 1.54) is 4.88 Å². The summed E-state index contributed by atoms with van der Waals surface area (Å²) in [5.41, 5.74) is 2.73. The maximum absolute atomic E-state index is 12.1. The number of rotatable bonds is 6. The maximum atomic E-state index is 12.1. The minimum absolute atomic E-state index is 0.00245. The summed E-state index contributed by atoms with van der Waals surface area (Å²) in [7, 11) is -2.96. The zero-order valence-corrected chi connectivity index (χ0v) is 18.0. The molecule has 0 saturated carbocycles. The predicted molar refractivity (Wildman–Crippen MR) is 114 cm³/mol. The van der Waals surface area contributed by atoms with Gasteiger partial charge in [0.05, 0.1) is 22.9 Å². The molecule has 0 N–H and O–H groups in total. The number of hydrogen-bond donors (Lipinski definition) is 0. The summed E-state index contributed by atoms with van der Waals surface area (Å²) in [5, 5.41) is 7.26. The highest BCUT2D eigenvalue weighted by molar-refractivity contribution is 7.91. The quantitative estimate of drug-likeness (QED) is 0.585. The highest BCUT2D eigenvalue weighted by atomic mass is 35.5. The third kappa shape index (κ3) is 4.17. The Labute approximate surface area is 174 Å². The lowest BCUT2D eigenvalue weighted by Gasteiger charge is -2.27. The van der Waals surface area contributed by atoms with Gasteiger partial charge in [-0.15, -0.1) is 11.3 Å². The molecular formula is C20H22ClN3O2S2. The van der Waals surface area contributed by atoms with Crippen LogP contribution in [0.5, 0.6) is 0 Å². The van der Waals surface area contributed by atoms with Crippen LogP contribution in [0.3, 0.4) is 0 Å². The number of nitrogens with zero attached hydrogens (tertiary/aromatic N) is 3. The van der Waals surface area contributed by atoms with E-state index in [1.807, 2.05) is 48.7 Å². The van der Waals surface area contributed by atoms with Crippen molar-refractivity contribution >= 4 is 32.8 Å². The third-order valence-corrected chi connectivity index (χ3v) is 8.15. The van der Waals surface area contributed by atoms with Gasteiger partial charge in [-0.2, -0.15) is 5.10 Å². The van der Waals surface area contributed by atoms with Crippen LogP contribution in [0, 0.1) is 6.92 Å². The highest BCUT2D eigenvalue weighted by Gasteiger charge is 2.33. The van der Waals surface area contributed by atoms with Gasteiger partial charge in [0.2, 0.25) is 0 Å². The van der Waals surface area contributed by atoms with Crippen LogP contribution < -0.4 is 0 Å². The van der Waals surface area contributed by atoms with Crippen molar-refractivity contribution in [2.24, 2.45) is 0 Å². The molecule has 3 aromatic rings. The van der Waals surface area contributed by atoms with E-state index in [1.54, 1.807) is 16.0 Å². The van der Waals surface area contributed by atoms with E-state index < -0.39 is 9.84 Å². The van der Waals surface area contributed by atoms with Crippen LogP contribution in [0.1, 0.15) is 22.6 Å². The monoisotopic (exact) mass is 435 g/mol. The average Bonchev–Trinajstić information content (AvgIpc) is 3.37. The van der Waals surface area contributed by atoms with Crippen molar-refractivity contribution in [1.29, 1.82) is 0 Å². The van der Waals surface area contributed by atoms with Crippen LogP contribution >= 0.6 is 22.9 Å². The molecule has 0 spiro atoms. The van der Waals surface area contributed by atoms with Crippen molar-refractivity contribution in [3.63, 3.8) is 0 Å². The minimum Gasteiger partial charge on any atom is -0.290 e. The molecule has 148 valence electrons. The van der Waals surface area contributed by atoms with Crippen LogP contribution in [0.2, 0.25) is 5.15 Å². The Balaban J connectivity index is 1.64. The zero-order chi connectivity index (χ0) is 19.7. The summed E-state index contributed by atoms with van der Waals surface area (Å²) in [6.07, 6.45) is 0.664. The standard InChI is InChI=1S/C20H22ClN3O2S2/c1-15-19(20(21)24(22-15)16-6-3-2-4-7-16)13-23(12-18-8-5-10-27-18)17-9-11-28(25,26)14-17/h2-8,10,17H,9,11-14H2,1H3/t17-/m1/s1. The number of halogens is 1. The fourth-order valence-electron chi connectivity index (χ4n) is 3.63. The molecule has 0 radical (unpaired) electrons. The summed E-state index contributed by atoms with van der Waals surface area (Å²) in [5.74, 6) is 0.469. The fourth-order valence-corrected chi connectivity index (χ4v) is 6.46. The lowest BCUT2D eigenvalue weighted by Crippen LogP contribution is -2.35. The summed E-state index contributed by atoms with van der Waals surface area (Å²) < 4.78 is 25.9. The Morgan fingerprint density at radius 2 is 2.00 bits per heavy atom. The van der Waals surface area contributed by atoms with E-state index >= 15 is 0 Å². The fraction of sp³-hybridized carbons (Fsp3) is 0.350. The Bertz CT molecular complexity index is 1050. The smallest absolute Gasteiger partial charge is 0.151 e. The number of thiophene rings is 1. The molecule has 1 atom stereocenters. The SMILES string of the molecule is Cc1nn(-c2ccccc2)c(Cl)c1CN(Cc1cccs1)[C@@H]1CCS(=O)(=O)C1. The Morgan fingerprint density at radius 1 is 1.21 bits per heavy atom. The van der Waals surface area contributed by atoms with Gasteiger partial charge in [-0.05, 0) is 36.9 Å². The van der Waals surface area contributed by atoms with E-state index in [2.05, 4.69) is 16.1 Å². The van der Waals surface area contributed by atoms with Gasteiger partial charge >= 0.3 is 0 Å². The Kier molecular flexibility index (Phi) is 5.60. The zero-order valence-electron chi connectivity index (χ0n) is 15.6. The van der Waals surface area contributed by atoms with Crippen molar-refractivity contribution < 1.29 is 8.42 Å². The normalized spacial score (nSPS) is 18.8. The molecule has 28 heavy (non-hydrogen) atoms. The molecule has 2 aromatic heterocycles. The molecule has 0 aliphatic carbocycles. The van der Waals surface area contributed by atoms with E-state index in [4.69, 9.17) is 11.6 Å². The summed E-state index contributed by atoms with van der Waals surface area (Å²) >= 11 is 8.40. The molecule has 1 fully saturated rings. The molecule has 0 amide bonds. The second-order valence-corrected chi connectivity index (χ2v) is 10.8. The number of hydrogen-bond acceptors (Lipinski definition) is 5. The van der Waals surface area contributed by atoms with Crippen LogP contribution in [0.4, 0.5) is 0 Å². The van der Waals surface area contributed by atoms with Crippen LogP contribution in [-0.4, -0.2) is 40.6 Å². The predicted octanol–water partition coefficient (Wildman–Crippen LogP) is 4.08. The van der Waals surface area contributed by atoms with E-state index in [-0.39, 0.29) is 17.5 Å². The van der Waals surface area contributed by atoms with Gasteiger partial charge in [-0.25, -0.2) is 13.1 Å². The van der Waals surface area contributed by atoms with Gasteiger partial charge in [-0.1, -0.05) is 35.9 Å². The molecule has 5 nitrogen and oxygen atoms in total. The molecule has 1 saturated heterocycles. The lowest BCUT2D eigenvalue weighted by molar-refractivity contribution is 0.196. The molecule has 0 bridgehead atoms. The molecule has 1 aliphatic heterocycles. The van der Waals surface area contributed by atoms with Crippen molar-refractivity contribution in [1.82, 2.24) is 14.7 Å². The first-order valence-corrected chi connectivity index (χ1v) is 12.3. The Hall–Kier alpha value is -1.67. The summed E-state index contributed by atoms with van der Waals surface area (Å²) in [6.45, 7) is 3.25. The minimum atomic E-state index is -2.96. The number of aryl methyl sites for hydroxylation is 1. The van der Waals surface area contributed by atoms with Crippen molar-refractivity contribution in [2.75, 3.05) is 11.5 Å². The molecule has 1 aliphatic rings. The molecular weight excluding hydrogens is 414 g/mol. The second kappa shape index (κ2) is 7.99. The van der Waals surface area contributed by atoms with Gasteiger partial charge < -0.3 is 0 Å². The van der Waals surface area contributed by atoms with E-state index in [0.29, 0.717) is 24.7 Å². The lowest BCUT2D eigenvalue weighted by atomic mass is 10.1. The van der Waals surface area contributed by atoms with Gasteiger partial charge in [0, 0.05) is 29.6 Å². The first-order valence-electron chi connectivity index (χ1n) is 9.19. The van der Waals surface area contributed by atoms with Gasteiger partial charge in [0.15, 0.2) is 9.84 Å². The number of para-hydroxylation sites is 1. The maximum Gasteiger partial charge on any atom is 0.151 e. The molecule has 8 heteroatoms. The summed E-state index contributed by atoms with van der Waals surface area (Å²) in [4.78, 5) is 3.45. The largest absolute Gasteiger partial charge is 0.290 e. The summed E-state index contributed by atoms with van der Waals surface area (Å²) in [6, 6.07) is 13.9. The second-order valence-electron chi connectivity index (χ2n) is 7.14. The van der Waals surface area contributed by atoms with Crippen LogP contribution in [-0.2, 0) is 22.9 Å². The number of aromatic nitrogens is 2. The topological polar surface area (TPSA) is 55.2 Å². The molecule has 0 unspecified atom stereocenters. The van der Waals surface area contributed by atoms with Gasteiger partial charge in [-0.3, -0.25) is 4.90 Å². The molecule has 4 rings (SSSR count). The highest BCUT2D eigenvalue weighted by Crippen LogP contribution is 2.29. The number of benzene rings is 1. The first-order chi connectivity index (χ1) is 13.4. The van der Waals surface area contributed by atoms with Gasteiger partial charge in [0.25, 0.3) is 0 Å². The molecule has 3 heterocycles. The van der Waals surface area contributed by atoms with Crippen molar-refractivity contribution in [3.8, 4) is 5.69 Å². The van der Waals surface area contributed by atoms with Crippen LogP contribution in [0.15, 0.2) is 47.8 Å². The van der Waals surface area contributed by atoms with Crippen molar-refractivity contribution in [3.05, 3.63) is 69.1 Å². The average molecular weight is 436 g/mol. The van der Waals surface area contributed by atoms with Crippen molar-refractivity contribution in [2.45, 2.75) is 32.5 Å². The van der Waals surface area contributed by atoms with E-state index in [9.17, 15) is 8.42 Å².